The Morgan fingerprint density at radius 1 is 1.23 bits per heavy atom. The van der Waals surface area contributed by atoms with Gasteiger partial charge in [-0.05, 0) is 61.9 Å². The van der Waals surface area contributed by atoms with Crippen molar-refractivity contribution in [2.45, 2.75) is 38.1 Å². The molecule has 0 spiro atoms. The summed E-state index contributed by atoms with van der Waals surface area (Å²) in [6.45, 7) is 1.83. The van der Waals surface area contributed by atoms with Gasteiger partial charge in [0, 0.05) is 35.1 Å². The summed E-state index contributed by atoms with van der Waals surface area (Å²) in [6.07, 6.45) is 4.29. The van der Waals surface area contributed by atoms with Gasteiger partial charge in [0.2, 0.25) is 5.91 Å². The minimum absolute atomic E-state index is 0.0180. The van der Waals surface area contributed by atoms with Gasteiger partial charge in [-0.3, -0.25) is 9.59 Å². The first-order valence-electron chi connectivity index (χ1n) is 9.14. The highest BCUT2D eigenvalue weighted by molar-refractivity contribution is 7.09. The first-order valence-corrected chi connectivity index (χ1v) is 10.0. The van der Waals surface area contributed by atoms with E-state index in [4.69, 9.17) is 0 Å². The zero-order chi connectivity index (χ0) is 18.2. The second-order valence-corrected chi connectivity index (χ2v) is 7.61. The van der Waals surface area contributed by atoms with Crippen molar-refractivity contribution in [3.63, 3.8) is 0 Å². The molecule has 3 rings (SSSR count). The maximum absolute atomic E-state index is 12.4. The molecular weight excluding hydrogens is 346 g/mol. The standard InChI is InChI=1S/C20H25N3O2S/c24-19(10-2-8-18-9-4-12-26-18)22-16-6-1-5-15(13-16)20(25)23-17-7-3-11-21-14-17/h1,4-6,9,12-13,17,21H,2-3,7-8,10-11,14H2,(H,22,24)(H,23,25). The van der Waals surface area contributed by atoms with Gasteiger partial charge in [0.1, 0.15) is 0 Å². The number of hydrogen-bond acceptors (Lipinski definition) is 4. The second kappa shape index (κ2) is 9.50. The summed E-state index contributed by atoms with van der Waals surface area (Å²) in [5.74, 6) is -0.108. The van der Waals surface area contributed by atoms with Crippen molar-refractivity contribution in [1.82, 2.24) is 10.6 Å². The molecule has 1 fully saturated rings. The first-order chi connectivity index (χ1) is 12.7. The third-order valence-corrected chi connectivity index (χ3v) is 5.38. The van der Waals surface area contributed by atoms with Crippen LogP contribution in [0.3, 0.4) is 0 Å². The van der Waals surface area contributed by atoms with Gasteiger partial charge in [-0.25, -0.2) is 0 Å². The average Bonchev–Trinajstić information content (AvgIpc) is 3.16. The number of hydrogen-bond donors (Lipinski definition) is 3. The number of anilines is 1. The Bertz CT molecular complexity index is 724. The number of carbonyl (C=O) groups is 2. The lowest BCUT2D eigenvalue weighted by atomic mass is 10.1. The Kier molecular flexibility index (Phi) is 6.80. The molecule has 0 radical (unpaired) electrons. The molecule has 0 saturated carbocycles. The van der Waals surface area contributed by atoms with Crippen LogP contribution in [0.1, 0.15) is 40.9 Å². The van der Waals surface area contributed by atoms with E-state index in [1.54, 1.807) is 29.5 Å². The van der Waals surface area contributed by atoms with Gasteiger partial charge in [-0.2, -0.15) is 0 Å². The molecule has 1 aliphatic heterocycles. The van der Waals surface area contributed by atoms with Gasteiger partial charge in [0.25, 0.3) is 5.91 Å². The summed E-state index contributed by atoms with van der Waals surface area (Å²) in [5.41, 5.74) is 1.24. The zero-order valence-corrected chi connectivity index (χ0v) is 15.6. The van der Waals surface area contributed by atoms with E-state index in [2.05, 4.69) is 27.4 Å². The number of thiophene rings is 1. The molecule has 2 aromatic rings. The molecule has 3 N–H and O–H groups in total. The summed E-state index contributed by atoms with van der Waals surface area (Å²) in [7, 11) is 0. The van der Waals surface area contributed by atoms with Crippen LogP contribution in [-0.4, -0.2) is 30.9 Å². The number of carbonyl (C=O) groups excluding carboxylic acids is 2. The number of benzene rings is 1. The summed E-state index contributed by atoms with van der Waals surface area (Å²) in [4.78, 5) is 25.8. The van der Waals surface area contributed by atoms with Gasteiger partial charge in [0.05, 0.1) is 0 Å². The number of piperidine rings is 1. The molecule has 26 heavy (non-hydrogen) atoms. The first kappa shape index (κ1) is 18.6. The predicted molar refractivity (Wildman–Crippen MR) is 106 cm³/mol. The van der Waals surface area contributed by atoms with Crippen LogP contribution in [0.5, 0.6) is 0 Å². The van der Waals surface area contributed by atoms with E-state index in [-0.39, 0.29) is 17.9 Å². The third-order valence-electron chi connectivity index (χ3n) is 4.45. The minimum Gasteiger partial charge on any atom is -0.348 e. The lowest BCUT2D eigenvalue weighted by Crippen LogP contribution is -2.45. The van der Waals surface area contributed by atoms with Crippen molar-refractivity contribution >= 4 is 28.8 Å². The van der Waals surface area contributed by atoms with E-state index in [1.165, 1.54) is 4.88 Å². The number of rotatable bonds is 7. The van der Waals surface area contributed by atoms with E-state index in [0.717, 1.165) is 38.8 Å². The van der Waals surface area contributed by atoms with Crippen LogP contribution in [0.25, 0.3) is 0 Å². The van der Waals surface area contributed by atoms with Crippen molar-refractivity contribution < 1.29 is 9.59 Å². The maximum Gasteiger partial charge on any atom is 0.251 e. The third kappa shape index (κ3) is 5.68. The summed E-state index contributed by atoms with van der Waals surface area (Å²) in [5, 5.41) is 11.3. The largest absolute Gasteiger partial charge is 0.348 e. The Labute approximate surface area is 158 Å². The molecule has 1 aromatic carbocycles. The van der Waals surface area contributed by atoms with Crippen molar-refractivity contribution in [1.29, 1.82) is 0 Å². The molecule has 5 nitrogen and oxygen atoms in total. The van der Waals surface area contributed by atoms with Crippen molar-refractivity contribution in [3.05, 3.63) is 52.2 Å². The lowest BCUT2D eigenvalue weighted by Gasteiger charge is -2.23. The van der Waals surface area contributed by atoms with E-state index in [9.17, 15) is 9.59 Å². The SMILES string of the molecule is O=C(CCCc1cccs1)Nc1cccc(C(=O)NC2CCCNC2)c1. The molecular formula is C20H25N3O2S. The van der Waals surface area contributed by atoms with Gasteiger partial charge in [-0.1, -0.05) is 12.1 Å². The number of nitrogens with one attached hydrogen (secondary N) is 3. The molecule has 6 heteroatoms. The molecule has 0 bridgehead atoms. The van der Waals surface area contributed by atoms with Crippen LogP contribution >= 0.6 is 11.3 Å². The monoisotopic (exact) mass is 371 g/mol. The van der Waals surface area contributed by atoms with E-state index >= 15 is 0 Å². The van der Waals surface area contributed by atoms with Crippen LogP contribution in [0, 0.1) is 0 Å². The van der Waals surface area contributed by atoms with Gasteiger partial charge < -0.3 is 16.0 Å². The van der Waals surface area contributed by atoms with Crippen LogP contribution in [0.2, 0.25) is 0 Å². The fraction of sp³-hybridized carbons (Fsp3) is 0.400. The number of amides is 2. The molecule has 1 atom stereocenters. The molecule has 1 aromatic heterocycles. The summed E-state index contributed by atoms with van der Waals surface area (Å²) >= 11 is 1.72. The van der Waals surface area contributed by atoms with Gasteiger partial charge >= 0.3 is 0 Å². The topological polar surface area (TPSA) is 70.2 Å². The van der Waals surface area contributed by atoms with E-state index in [1.807, 2.05) is 12.1 Å². The van der Waals surface area contributed by atoms with Crippen molar-refractivity contribution in [2.24, 2.45) is 0 Å². The van der Waals surface area contributed by atoms with Crippen LogP contribution in [-0.2, 0) is 11.2 Å². The van der Waals surface area contributed by atoms with E-state index in [0.29, 0.717) is 17.7 Å². The smallest absolute Gasteiger partial charge is 0.251 e. The van der Waals surface area contributed by atoms with Crippen molar-refractivity contribution in [2.75, 3.05) is 18.4 Å². The van der Waals surface area contributed by atoms with Crippen LogP contribution < -0.4 is 16.0 Å². The Hall–Kier alpha value is -2.18. The Morgan fingerprint density at radius 2 is 2.15 bits per heavy atom. The molecule has 0 aliphatic carbocycles. The molecule has 1 saturated heterocycles. The Morgan fingerprint density at radius 3 is 2.92 bits per heavy atom. The molecule has 1 aliphatic rings. The highest BCUT2D eigenvalue weighted by Gasteiger charge is 2.16. The zero-order valence-electron chi connectivity index (χ0n) is 14.8. The van der Waals surface area contributed by atoms with Gasteiger partial charge in [-0.15, -0.1) is 11.3 Å². The summed E-state index contributed by atoms with van der Waals surface area (Å²) in [6, 6.07) is 11.4. The minimum atomic E-state index is -0.0903. The van der Waals surface area contributed by atoms with Crippen molar-refractivity contribution in [3.8, 4) is 0 Å². The average molecular weight is 372 g/mol. The highest BCUT2D eigenvalue weighted by Crippen LogP contribution is 2.14. The fourth-order valence-corrected chi connectivity index (χ4v) is 3.83. The second-order valence-electron chi connectivity index (χ2n) is 6.58. The molecule has 1 unspecified atom stereocenters. The summed E-state index contributed by atoms with van der Waals surface area (Å²) < 4.78 is 0. The predicted octanol–water partition coefficient (Wildman–Crippen LogP) is 3.19. The quantitative estimate of drug-likeness (QED) is 0.700. The Balaban J connectivity index is 1.48. The van der Waals surface area contributed by atoms with Crippen LogP contribution in [0.15, 0.2) is 41.8 Å². The number of aryl methyl sites for hydroxylation is 1. The fourth-order valence-electron chi connectivity index (χ4n) is 3.08. The van der Waals surface area contributed by atoms with E-state index < -0.39 is 0 Å². The van der Waals surface area contributed by atoms with Crippen LogP contribution in [0.4, 0.5) is 5.69 Å². The lowest BCUT2D eigenvalue weighted by molar-refractivity contribution is -0.116. The molecule has 2 amide bonds. The molecule has 138 valence electrons. The maximum atomic E-state index is 12.4. The highest BCUT2D eigenvalue weighted by atomic mass is 32.1. The van der Waals surface area contributed by atoms with Gasteiger partial charge in [0.15, 0.2) is 0 Å². The molecule has 2 heterocycles. The normalized spacial score (nSPS) is 16.8.